The third-order valence-corrected chi connectivity index (χ3v) is 4.61. The first-order valence-corrected chi connectivity index (χ1v) is 8.97. The van der Waals surface area contributed by atoms with Crippen molar-refractivity contribution in [2.45, 2.75) is 6.92 Å². The van der Waals surface area contributed by atoms with Crippen molar-refractivity contribution >= 4 is 28.4 Å². The zero-order valence-electron chi connectivity index (χ0n) is 15.0. The molecule has 0 bridgehead atoms. The van der Waals surface area contributed by atoms with Crippen molar-refractivity contribution in [3.63, 3.8) is 0 Å². The van der Waals surface area contributed by atoms with E-state index in [9.17, 15) is 4.79 Å². The Hall–Kier alpha value is -3.44. The van der Waals surface area contributed by atoms with Crippen LogP contribution in [0.5, 0.6) is 11.5 Å². The van der Waals surface area contributed by atoms with Gasteiger partial charge in [-0.25, -0.2) is 0 Å². The molecule has 0 atom stereocenters. The van der Waals surface area contributed by atoms with E-state index in [1.165, 1.54) is 0 Å². The second-order valence-electron chi connectivity index (χ2n) is 6.38. The summed E-state index contributed by atoms with van der Waals surface area (Å²) < 4.78 is 5.96. The summed E-state index contributed by atoms with van der Waals surface area (Å²) in [6.45, 7) is 1.84. The Morgan fingerprint density at radius 1 is 1.00 bits per heavy atom. The molecule has 0 aliphatic rings. The van der Waals surface area contributed by atoms with E-state index in [1.54, 1.807) is 30.6 Å². The zero-order valence-corrected chi connectivity index (χ0v) is 15.8. The molecule has 0 unspecified atom stereocenters. The van der Waals surface area contributed by atoms with E-state index in [4.69, 9.17) is 22.1 Å². The molecule has 2 N–H and O–H groups in total. The standard InChI is InChI=1S/C22H16ClN3O2/c1-13-8-14(2-4-19(13)22(24)27)21-11-17(6-7-25-21)28-18-10-15-9-16(23)3-5-20(15)26-12-18/h2-12H,1H3,(H2,24,27). The molecule has 2 aromatic heterocycles. The quantitative estimate of drug-likeness (QED) is 0.523. The number of primary amides is 1. The first-order valence-electron chi connectivity index (χ1n) is 8.60. The zero-order chi connectivity index (χ0) is 19.7. The lowest BCUT2D eigenvalue weighted by Gasteiger charge is -2.09. The van der Waals surface area contributed by atoms with Crippen molar-refractivity contribution < 1.29 is 9.53 Å². The molecule has 1 amide bonds. The maximum Gasteiger partial charge on any atom is 0.248 e. The summed E-state index contributed by atoms with van der Waals surface area (Å²) in [7, 11) is 0. The summed E-state index contributed by atoms with van der Waals surface area (Å²) in [5, 5.41) is 1.55. The van der Waals surface area contributed by atoms with E-state index in [1.807, 2.05) is 43.3 Å². The Labute approximate surface area is 166 Å². The number of hydrogen-bond acceptors (Lipinski definition) is 4. The van der Waals surface area contributed by atoms with Crippen LogP contribution >= 0.6 is 11.6 Å². The number of carbonyl (C=O) groups is 1. The molecule has 0 fully saturated rings. The van der Waals surface area contributed by atoms with Gasteiger partial charge in [0.2, 0.25) is 5.91 Å². The molecular formula is C22H16ClN3O2. The molecule has 0 saturated heterocycles. The monoisotopic (exact) mass is 389 g/mol. The van der Waals surface area contributed by atoms with Crippen molar-refractivity contribution in [2.24, 2.45) is 5.73 Å². The maximum absolute atomic E-state index is 11.4. The Balaban J connectivity index is 1.64. The first kappa shape index (κ1) is 17.9. The number of pyridine rings is 2. The molecule has 5 nitrogen and oxygen atoms in total. The molecule has 4 aromatic rings. The summed E-state index contributed by atoms with van der Waals surface area (Å²) in [4.78, 5) is 20.2. The van der Waals surface area contributed by atoms with Crippen LogP contribution in [0.25, 0.3) is 22.2 Å². The molecular weight excluding hydrogens is 374 g/mol. The van der Waals surface area contributed by atoms with Crippen LogP contribution in [0.2, 0.25) is 5.02 Å². The SMILES string of the molecule is Cc1cc(-c2cc(Oc3cnc4ccc(Cl)cc4c3)ccn2)ccc1C(N)=O. The Morgan fingerprint density at radius 2 is 1.86 bits per heavy atom. The number of aromatic nitrogens is 2. The van der Waals surface area contributed by atoms with Gasteiger partial charge in [0.15, 0.2) is 0 Å². The fourth-order valence-electron chi connectivity index (χ4n) is 3.01. The number of halogens is 1. The molecule has 28 heavy (non-hydrogen) atoms. The Bertz CT molecular complexity index is 1210. The van der Waals surface area contributed by atoms with Crippen LogP contribution < -0.4 is 10.5 Å². The van der Waals surface area contributed by atoms with Crippen LogP contribution in [0.3, 0.4) is 0 Å². The summed E-state index contributed by atoms with van der Waals surface area (Å²) in [6.07, 6.45) is 3.34. The second kappa shape index (κ2) is 7.29. The maximum atomic E-state index is 11.4. The normalized spacial score (nSPS) is 10.8. The van der Waals surface area contributed by atoms with E-state index < -0.39 is 5.91 Å². The van der Waals surface area contributed by atoms with Crippen LogP contribution in [0.1, 0.15) is 15.9 Å². The average Bonchev–Trinajstić information content (AvgIpc) is 2.67. The Kier molecular flexibility index (Phi) is 4.67. The highest BCUT2D eigenvalue weighted by Gasteiger charge is 2.09. The number of amides is 1. The van der Waals surface area contributed by atoms with Gasteiger partial charge in [-0.3, -0.25) is 14.8 Å². The molecule has 138 valence electrons. The number of ether oxygens (including phenoxy) is 1. The lowest BCUT2D eigenvalue weighted by atomic mass is 10.0. The highest BCUT2D eigenvalue weighted by atomic mass is 35.5. The number of aryl methyl sites for hydroxylation is 1. The average molecular weight is 390 g/mol. The predicted octanol–water partition coefficient (Wildman–Crippen LogP) is 5.15. The molecule has 2 aromatic carbocycles. The number of carbonyl (C=O) groups excluding carboxylic acids is 1. The van der Waals surface area contributed by atoms with Crippen LogP contribution in [-0.4, -0.2) is 15.9 Å². The smallest absolute Gasteiger partial charge is 0.248 e. The number of benzene rings is 2. The van der Waals surface area contributed by atoms with Gasteiger partial charge in [0.05, 0.1) is 17.4 Å². The van der Waals surface area contributed by atoms with E-state index in [-0.39, 0.29) is 0 Å². The summed E-state index contributed by atoms with van der Waals surface area (Å²) >= 11 is 6.06. The molecule has 2 heterocycles. The molecule has 4 rings (SSSR count). The van der Waals surface area contributed by atoms with Gasteiger partial charge in [0.1, 0.15) is 11.5 Å². The molecule has 0 radical (unpaired) electrons. The predicted molar refractivity (Wildman–Crippen MR) is 110 cm³/mol. The van der Waals surface area contributed by atoms with Gasteiger partial charge >= 0.3 is 0 Å². The molecule has 6 heteroatoms. The van der Waals surface area contributed by atoms with Crippen molar-refractivity contribution in [3.8, 4) is 22.8 Å². The van der Waals surface area contributed by atoms with E-state index in [2.05, 4.69) is 9.97 Å². The highest BCUT2D eigenvalue weighted by molar-refractivity contribution is 6.31. The van der Waals surface area contributed by atoms with E-state index in [0.29, 0.717) is 22.1 Å². The van der Waals surface area contributed by atoms with Gasteiger partial charge in [-0.2, -0.15) is 0 Å². The Morgan fingerprint density at radius 3 is 2.64 bits per heavy atom. The molecule has 0 aliphatic carbocycles. The van der Waals surface area contributed by atoms with Crippen molar-refractivity contribution in [2.75, 3.05) is 0 Å². The molecule has 0 spiro atoms. The minimum absolute atomic E-state index is 0.446. The second-order valence-corrected chi connectivity index (χ2v) is 6.82. The number of hydrogen-bond donors (Lipinski definition) is 1. The van der Waals surface area contributed by atoms with Gasteiger partial charge in [0.25, 0.3) is 0 Å². The minimum Gasteiger partial charge on any atom is -0.456 e. The largest absolute Gasteiger partial charge is 0.456 e. The summed E-state index contributed by atoms with van der Waals surface area (Å²) in [6, 6.07) is 16.4. The first-order chi connectivity index (χ1) is 13.5. The third kappa shape index (κ3) is 3.66. The van der Waals surface area contributed by atoms with Crippen LogP contribution in [0, 0.1) is 6.92 Å². The minimum atomic E-state index is -0.446. The lowest BCUT2D eigenvalue weighted by molar-refractivity contribution is 0.0999. The highest BCUT2D eigenvalue weighted by Crippen LogP contribution is 2.28. The van der Waals surface area contributed by atoms with E-state index in [0.717, 1.165) is 27.7 Å². The lowest BCUT2D eigenvalue weighted by Crippen LogP contribution is -2.12. The van der Waals surface area contributed by atoms with Gasteiger partial charge in [-0.05, 0) is 55.0 Å². The van der Waals surface area contributed by atoms with Crippen LogP contribution in [-0.2, 0) is 0 Å². The van der Waals surface area contributed by atoms with Gasteiger partial charge in [0, 0.05) is 33.8 Å². The third-order valence-electron chi connectivity index (χ3n) is 4.37. The van der Waals surface area contributed by atoms with Crippen LogP contribution in [0.4, 0.5) is 0 Å². The topological polar surface area (TPSA) is 78.1 Å². The number of nitrogens with two attached hydrogens (primary N) is 1. The number of nitrogens with zero attached hydrogens (tertiary/aromatic N) is 2. The van der Waals surface area contributed by atoms with Crippen molar-refractivity contribution in [1.29, 1.82) is 0 Å². The van der Waals surface area contributed by atoms with E-state index >= 15 is 0 Å². The van der Waals surface area contributed by atoms with Crippen molar-refractivity contribution in [3.05, 3.63) is 83.1 Å². The van der Waals surface area contributed by atoms with Crippen LogP contribution in [0.15, 0.2) is 67.0 Å². The number of fused-ring (bicyclic) bond motifs is 1. The molecule has 0 aliphatic heterocycles. The fourth-order valence-corrected chi connectivity index (χ4v) is 3.19. The molecule has 0 saturated carbocycles. The number of rotatable bonds is 4. The van der Waals surface area contributed by atoms with Gasteiger partial charge in [-0.15, -0.1) is 0 Å². The van der Waals surface area contributed by atoms with Gasteiger partial charge in [-0.1, -0.05) is 17.7 Å². The van der Waals surface area contributed by atoms with Crippen molar-refractivity contribution in [1.82, 2.24) is 9.97 Å². The summed E-state index contributed by atoms with van der Waals surface area (Å²) in [5.41, 5.74) is 9.12. The summed E-state index contributed by atoms with van der Waals surface area (Å²) in [5.74, 6) is 0.787. The fraction of sp³-hybridized carbons (Fsp3) is 0.0455. The van der Waals surface area contributed by atoms with Gasteiger partial charge < -0.3 is 10.5 Å².